The van der Waals surface area contributed by atoms with Crippen molar-refractivity contribution in [3.8, 4) is 39.4 Å². The van der Waals surface area contributed by atoms with Crippen molar-refractivity contribution in [2.75, 3.05) is 5.73 Å². The van der Waals surface area contributed by atoms with E-state index in [1.54, 1.807) is 24.3 Å². The van der Waals surface area contributed by atoms with Crippen LogP contribution in [-0.2, 0) is 19.0 Å². The number of nitrogens with two attached hydrogens (primary N) is 1. The molecular formula is C26H19F3N2O. The molecule has 5 rings (SSSR count). The van der Waals surface area contributed by atoms with Crippen molar-refractivity contribution in [3.63, 3.8) is 0 Å². The van der Waals surface area contributed by atoms with Gasteiger partial charge < -0.3 is 10.8 Å². The number of nitrogen functional groups attached to an aromatic ring is 1. The monoisotopic (exact) mass is 432 g/mol. The summed E-state index contributed by atoms with van der Waals surface area (Å²) in [5, 5.41) is 9.65. The molecule has 3 aromatic carbocycles. The molecular weight excluding hydrogens is 413 g/mol. The highest BCUT2D eigenvalue weighted by molar-refractivity contribution is 5.83. The number of rotatable bonds is 2. The Kier molecular flexibility index (Phi) is 4.66. The minimum atomic E-state index is -4.38. The number of nitrogens with zero attached hydrogens (tertiary/aromatic N) is 1. The quantitative estimate of drug-likeness (QED) is 0.356. The van der Waals surface area contributed by atoms with E-state index in [-0.39, 0.29) is 5.75 Å². The zero-order valence-electron chi connectivity index (χ0n) is 16.9. The molecule has 3 N–H and O–H groups in total. The largest absolute Gasteiger partial charge is 0.508 e. The number of aromatic nitrogens is 1. The molecule has 32 heavy (non-hydrogen) atoms. The van der Waals surface area contributed by atoms with Gasteiger partial charge in [-0.25, -0.2) is 4.98 Å². The number of pyridine rings is 1. The molecule has 1 aliphatic rings. The van der Waals surface area contributed by atoms with Crippen molar-refractivity contribution >= 4 is 5.69 Å². The van der Waals surface area contributed by atoms with Gasteiger partial charge in [0.15, 0.2) is 0 Å². The van der Waals surface area contributed by atoms with E-state index in [0.29, 0.717) is 23.4 Å². The second-order valence-corrected chi connectivity index (χ2v) is 7.92. The Labute approximate surface area is 183 Å². The summed E-state index contributed by atoms with van der Waals surface area (Å²) in [6, 6.07) is 19.6. The van der Waals surface area contributed by atoms with Gasteiger partial charge in [-0.3, -0.25) is 0 Å². The van der Waals surface area contributed by atoms with Crippen molar-refractivity contribution in [3.05, 3.63) is 89.5 Å². The molecule has 0 bridgehead atoms. The zero-order valence-corrected chi connectivity index (χ0v) is 16.9. The zero-order chi connectivity index (χ0) is 22.5. The van der Waals surface area contributed by atoms with Crippen LogP contribution in [0.4, 0.5) is 18.9 Å². The summed E-state index contributed by atoms with van der Waals surface area (Å²) in [5.41, 5.74) is 12.9. The fraction of sp³-hybridized carbons (Fsp3) is 0.115. The molecule has 3 nitrogen and oxygen atoms in total. The number of hydrogen-bond donors (Lipinski definition) is 2. The minimum absolute atomic E-state index is 0.149. The van der Waals surface area contributed by atoms with Gasteiger partial charge in [-0.05, 0) is 89.7 Å². The summed E-state index contributed by atoms with van der Waals surface area (Å²) in [6.45, 7) is 0. The number of benzene rings is 3. The number of halogens is 3. The molecule has 0 saturated heterocycles. The minimum Gasteiger partial charge on any atom is -0.508 e. The van der Waals surface area contributed by atoms with Gasteiger partial charge in [0.05, 0.1) is 17.0 Å². The van der Waals surface area contributed by atoms with E-state index in [0.717, 1.165) is 52.1 Å². The highest BCUT2D eigenvalue weighted by atomic mass is 19.4. The summed E-state index contributed by atoms with van der Waals surface area (Å²) in [5.74, 6) is 0.149. The van der Waals surface area contributed by atoms with Crippen molar-refractivity contribution in [1.29, 1.82) is 0 Å². The average molecular weight is 432 g/mol. The normalized spacial score (nSPS) is 12.8. The lowest BCUT2D eigenvalue weighted by atomic mass is 9.84. The third-order valence-corrected chi connectivity index (χ3v) is 5.84. The predicted molar refractivity (Wildman–Crippen MR) is 119 cm³/mol. The standard InChI is InChI=1S/C26H19F3N2O/c27-26(28,29)18-6-1-15(2-7-18)23-14-24(16-3-9-20(32)10-4-16)31-25-21-12-8-19(30)13-17(21)5-11-22(23)25/h1-4,6-10,12-14,32H,5,11,30H2. The Bertz CT molecular complexity index is 1310. The number of phenolic OH excluding ortho intramolecular Hbond substituents is 1. The van der Waals surface area contributed by atoms with Gasteiger partial charge in [-0.2, -0.15) is 13.2 Å². The SMILES string of the molecule is Nc1ccc2c(c1)CCc1c(-c3ccc(C(F)(F)F)cc3)cc(-c3ccc(O)cc3)nc1-2. The van der Waals surface area contributed by atoms with Crippen LogP contribution in [0.2, 0.25) is 0 Å². The molecule has 6 heteroatoms. The first-order chi connectivity index (χ1) is 15.3. The first-order valence-corrected chi connectivity index (χ1v) is 10.2. The van der Waals surface area contributed by atoms with Crippen LogP contribution in [0.3, 0.4) is 0 Å². The third kappa shape index (κ3) is 3.58. The van der Waals surface area contributed by atoms with E-state index >= 15 is 0 Å². The molecule has 0 unspecified atom stereocenters. The van der Waals surface area contributed by atoms with Gasteiger partial charge >= 0.3 is 6.18 Å². The fourth-order valence-electron chi connectivity index (χ4n) is 4.24. The summed E-state index contributed by atoms with van der Waals surface area (Å²) in [4.78, 5) is 4.92. The molecule has 160 valence electrons. The van der Waals surface area contributed by atoms with Crippen molar-refractivity contribution in [2.45, 2.75) is 19.0 Å². The van der Waals surface area contributed by atoms with Crippen molar-refractivity contribution in [1.82, 2.24) is 4.98 Å². The molecule has 1 aromatic heterocycles. The van der Waals surface area contributed by atoms with Gasteiger partial charge in [-0.1, -0.05) is 18.2 Å². The molecule has 1 aliphatic carbocycles. The van der Waals surface area contributed by atoms with Crippen LogP contribution in [0.5, 0.6) is 5.75 Å². The number of aryl methyl sites for hydroxylation is 1. The Balaban J connectivity index is 1.73. The number of phenols is 1. The van der Waals surface area contributed by atoms with Crippen molar-refractivity contribution in [2.24, 2.45) is 0 Å². The van der Waals surface area contributed by atoms with Crippen LogP contribution in [-0.4, -0.2) is 10.1 Å². The number of aromatic hydroxyl groups is 1. The van der Waals surface area contributed by atoms with Crippen LogP contribution >= 0.6 is 0 Å². The maximum atomic E-state index is 13.1. The van der Waals surface area contributed by atoms with Gasteiger partial charge in [0.2, 0.25) is 0 Å². The number of hydrogen-bond acceptors (Lipinski definition) is 3. The lowest BCUT2D eigenvalue weighted by Crippen LogP contribution is -2.09. The highest BCUT2D eigenvalue weighted by Gasteiger charge is 2.30. The molecule has 0 amide bonds. The topological polar surface area (TPSA) is 59.1 Å². The van der Waals surface area contributed by atoms with Crippen LogP contribution in [0.15, 0.2) is 72.8 Å². The Morgan fingerprint density at radius 2 is 1.47 bits per heavy atom. The maximum absolute atomic E-state index is 13.1. The third-order valence-electron chi connectivity index (χ3n) is 5.84. The molecule has 0 radical (unpaired) electrons. The van der Waals surface area contributed by atoms with Crippen LogP contribution in [0, 0.1) is 0 Å². The highest BCUT2D eigenvalue weighted by Crippen LogP contribution is 2.41. The summed E-state index contributed by atoms with van der Waals surface area (Å²) in [7, 11) is 0. The van der Waals surface area contributed by atoms with E-state index in [1.165, 1.54) is 12.1 Å². The van der Waals surface area contributed by atoms with Crippen molar-refractivity contribution < 1.29 is 18.3 Å². The van der Waals surface area contributed by atoms with Gasteiger partial charge in [0, 0.05) is 16.8 Å². The lowest BCUT2D eigenvalue weighted by Gasteiger charge is -2.23. The molecule has 0 fully saturated rings. The second-order valence-electron chi connectivity index (χ2n) is 7.92. The van der Waals surface area contributed by atoms with E-state index in [4.69, 9.17) is 10.7 Å². The summed E-state index contributed by atoms with van der Waals surface area (Å²) in [6.07, 6.45) is -2.89. The Morgan fingerprint density at radius 3 is 2.16 bits per heavy atom. The van der Waals surface area contributed by atoms with E-state index in [2.05, 4.69) is 0 Å². The van der Waals surface area contributed by atoms with Gasteiger partial charge in [-0.15, -0.1) is 0 Å². The summed E-state index contributed by atoms with van der Waals surface area (Å²) < 4.78 is 39.2. The number of anilines is 1. The van der Waals surface area contributed by atoms with Gasteiger partial charge in [0.25, 0.3) is 0 Å². The molecule has 0 spiro atoms. The second kappa shape index (κ2) is 7.41. The number of fused-ring (bicyclic) bond motifs is 3. The molecule has 1 heterocycles. The first-order valence-electron chi connectivity index (χ1n) is 10.2. The van der Waals surface area contributed by atoms with Crippen LogP contribution < -0.4 is 5.73 Å². The smallest absolute Gasteiger partial charge is 0.416 e. The molecule has 4 aromatic rings. The van der Waals surface area contributed by atoms with Crippen LogP contribution in [0.25, 0.3) is 33.6 Å². The van der Waals surface area contributed by atoms with E-state index in [9.17, 15) is 18.3 Å². The predicted octanol–water partition coefficient (Wildman–Crippen LogP) is 6.49. The van der Waals surface area contributed by atoms with E-state index in [1.807, 2.05) is 24.3 Å². The number of alkyl halides is 3. The molecule has 0 atom stereocenters. The van der Waals surface area contributed by atoms with Gasteiger partial charge in [0.1, 0.15) is 5.75 Å². The fourth-order valence-corrected chi connectivity index (χ4v) is 4.24. The Hall–Kier alpha value is -3.80. The maximum Gasteiger partial charge on any atom is 0.416 e. The van der Waals surface area contributed by atoms with Crippen LogP contribution in [0.1, 0.15) is 16.7 Å². The first kappa shape index (κ1) is 20.1. The average Bonchev–Trinajstić information content (AvgIpc) is 2.78. The van der Waals surface area contributed by atoms with E-state index < -0.39 is 11.7 Å². The molecule has 0 aliphatic heterocycles. The Morgan fingerprint density at radius 1 is 0.781 bits per heavy atom. The molecule has 0 saturated carbocycles. The lowest BCUT2D eigenvalue weighted by molar-refractivity contribution is -0.137. The summed E-state index contributed by atoms with van der Waals surface area (Å²) >= 11 is 0.